The Labute approximate surface area is 123 Å². The first-order valence-electron chi connectivity index (χ1n) is 6.86. The fourth-order valence-corrected chi connectivity index (χ4v) is 2.58. The molecule has 1 nitrogen and oxygen atoms in total. The lowest BCUT2D eigenvalue weighted by molar-refractivity contribution is 0.0990. The average Bonchev–Trinajstić information content (AvgIpc) is 2.42. The van der Waals surface area contributed by atoms with Crippen LogP contribution in [0.5, 0.6) is 0 Å². The number of hydrogen-bond donors (Lipinski definition) is 0. The Balaban J connectivity index is 2.44. The van der Waals surface area contributed by atoms with Crippen LogP contribution in [0.3, 0.4) is 0 Å². The molecule has 2 aromatic rings. The van der Waals surface area contributed by atoms with E-state index < -0.39 is 11.6 Å². The molecule has 0 heterocycles. The third-order valence-electron chi connectivity index (χ3n) is 4.03. The number of aryl methyl sites for hydroxylation is 2. The van der Waals surface area contributed by atoms with E-state index in [1.807, 2.05) is 33.8 Å². The number of Topliss-reactive ketones (excluding diaryl/α,β-unsaturated/α-hetero) is 1. The van der Waals surface area contributed by atoms with Crippen LogP contribution in [-0.2, 0) is 6.42 Å². The standard InChI is InChI=1S/C18H18F2O/c1-10-8-11(2)13(4)17(12(10)3)16(21)9-14-6-5-7-15(19)18(14)20/h5-8H,9H2,1-4H3. The third kappa shape index (κ3) is 2.87. The third-order valence-corrected chi connectivity index (χ3v) is 4.03. The molecule has 0 spiro atoms. The first-order chi connectivity index (χ1) is 9.82. The van der Waals surface area contributed by atoms with Crippen molar-refractivity contribution in [2.45, 2.75) is 34.1 Å². The van der Waals surface area contributed by atoms with Crippen molar-refractivity contribution in [3.05, 3.63) is 69.3 Å². The first kappa shape index (κ1) is 15.4. The Hall–Kier alpha value is -2.03. The van der Waals surface area contributed by atoms with Crippen LogP contribution in [0.4, 0.5) is 8.78 Å². The van der Waals surface area contributed by atoms with Gasteiger partial charge in [-0.2, -0.15) is 0 Å². The van der Waals surface area contributed by atoms with Crippen molar-refractivity contribution in [1.29, 1.82) is 0 Å². The van der Waals surface area contributed by atoms with Crippen molar-refractivity contribution in [2.24, 2.45) is 0 Å². The van der Waals surface area contributed by atoms with Crippen molar-refractivity contribution in [3.8, 4) is 0 Å². The monoisotopic (exact) mass is 288 g/mol. The summed E-state index contributed by atoms with van der Waals surface area (Å²) in [5.41, 5.74) is 4.58. The lowest BCUT2D eigenvalue weighted by atomic mass is 9.89. The van der Waals surface area contributed by atoms with Crippen LogP contribution in [-0.4, -0.2) is 5.78 Å². The molecule has 110 valence electrons. The summed E-state index contributed by atoms with van der Waals surface area (Å²) in [4.78, 5) is 12.5. The van der Waals surface area contributed by atoms with Gasteiger partial charge >= 0.3 is 0 Å². The Morgan fingerprint density at radius 1 is 1.00 bits per heavy atom. The second-order valence-electron chi connectivity index (χ2n) is 5.45. The van der Waals surface area contributed by atoms with Gasteiger partial charge in [0, 0.05) is 12.0 Å². The Morgan fingerprint density at radius 2 is 1.57 bits per heavy atom. The van der Waals surface area contributed by atoms with Crippen LogP contribution < -0.4 is 0 Å². The summed E-state index contributed by atoms with van der Waals surface area (Å²) >= 11 is 0. The second-order valence-corrected chi connectivity index (χ2v) is 5.45. The highest BCUT2D eigenvalue weighted by Gasteiger charge is 2.18. The minimum Gasteiger partial charge on any atom is -0.294 e. The molecule has 0 saturated heterocycles. The number of hydrogen-bond acceptors (Lipinski definition) is 1. The summed E-state index contributed by atoms with van der Waals surface area (Å²) in [5, 5.41) is 0. The molecule has 0 fully saturated rings. The highest BCUT2D eigenvalue weighted by Crippen LogP contribution is 2.24. The molecule has 0 aliphatic rings. The number of carbonyl (C=O) groups excluding carboxylic acids is 1. The zero-order valence-electron chi connectivity index (χ0n) is 12.7. The summed E-state index contributed by atoms with van der Waals surface area (Å²) in [6, 6.07) is 5.95. The molecule has 0 bridgehead atoms. The van der Waals surface area contributed by atoms with E-state index in [-0.39, 0.29) is 17.8 Å². The molecule has 0 atom stereocenters. The quantitative estimate of drug-likeness (QED) is 0.753. The van der Waals surface area contributed by atoms with E-state index in [9.17, 15) is 13.6 Å². The van der Waals surface area contributed by atoms with E-state index >= 15 is 0 Å². The molecule has 2 aromatic carbocycles. The molecule has 0 aromatic heterocycles. The Morgan fingerprint density at radius 3 is 2.14 bits per heavy atom. The van der Waals surface area contributed by atoms with Gasteiger partial charge in [-0.3, -0.25) is 4.79 Å². The molecule has 0 aliphatic heterocycles. The predicted molar refractivity (Wildman–Crippen MR) is 79.8 cm³/mol. The van der Waals surface area contributed by atoms with E-state index in [1.54, 1.807) is 0 Å². The fourth-order valence-electron chi connectivity index (χ4n) is 2.58. The molecule has 2 rings (SSSR count). The van der Waals surface area contributed by atoms with Crippen LogP contribution in [0.25, 0.3) is 0 Å². The first-order valence-corrected chi connectivity index (χ1v) is 6.86. The Kier molecular flexibility index (Phi) is 4.21. The summed E-state index contributed by atoms with van der Waals surface area (Å²) in [5.74, 6) is -2.04. The molecular formula is C18H18F2O. The van der Waals surface area contributed by atoms with Gasteiger partial charge in [-0.15, -0.1) is 0 Å². The summed E-state index contributed by atoms with van der Waals surface area (Å²) in [6.07, 6.45) is -0.131. The highest BCUT2D eigenvalue weighted by atomic mass is 19.2. The van der Waals surface area contributed by atoms with Gasteiger partial charge in [-0.1, -0.05) is 18.2 Å². The van der Waals surface area contributed by atoms with Crippen LogP contribution in [0, 0.1) is 39.3 Å². The molecule has 0 saturated carbocycles. The number of rotatable bonds is 3. The van der Waals surface area contributed by atoms with E-state index in [1.165, 1.54) is 12.1 Å². The maximum absolute atomic E-state index is 13.7. The predicted octanol–water partition coefficient (Wildman–Crippen LogP) is 4.62. The fraction of sp³-hybridized carbons (Fsp3) is 0.278. The van der Waals surface area contributed by atoms with Crippen molar-refractivity contribution < 1.29 is 13.6 Å². The summed E-state index contributed by atoms with van der Waals surface area (Å²) in [6.45, 7) is 7.66. The molecule has 0 aliphatic carbocycles. The normalized spacial score (nSPS) is 10.8. The van der Waals surface area contributed by atoms with Gasteiger partial charge in [0.1, 0.15) is 0 Å². The zero-order valence-corrected chi connectivity index (χ0v) is 12.7. The number of carbonyl (C=O) groups is 1. The van der Waals surface area contributed by atoms with Gasteiger partial charge in [0.2, 0.25) is 0 Å². The van der Waals surface area contributed by atoms with Gasteiger partial charge in [0.25, 0.3) is 0 Å². The zero-order chi connectivity index (χ0) is 15.7. The topological polar surface area (TPSA) is 17.1 Å². The number of benzene rings is 2. The van der Waals surface area contributed by atoms with Gasteiger partial charge in [0.05, 0.1) is 0 Å². The summed E-state index contributed by atoms with van der Waals surface area (Å²) < 4.78 is 26.9. The SMILES string of the molecule is Cc1cc(C)c(C)c(C(=O)Cc2cccc(F)c2F)c1C. The van der Waals surface area contributed by atoms with Gasteiger partial charge < -0.3 is 0 Å². The Bertz CT molecular complexity index is 691. The largest absolute Gasteiger partial charge is 0.294 e. The number of ketones is 1. The minimum atomic E-state index is -0.939. The van der Waals surface area contributed by atoms with E-state index in [4.69, 9.17) is 0 Å². The van der Waals surface area contributed by atoms with E-state index in [0.29, 0.717) is 5.56 Å². The molecule has 3 heteroatoms. The van der Waals surface area contributed by atoms with Gasteiger partial charge in [-0.05, 0) is 61.6 Å². The van der Waals surface area contributed by atoms with Crippen molar-refractivity contribution in [2.75, 3.05) is 0 Å². The van der Waals surface area contributed by atoms with E-state index in [0.717, 1.165) is 28.3 Å². The molecule has 0 radical (unpaired) electrons. The molecule has 0 N–H and O–H groups in total. The summed E-state index contributed by atoms with van der Waals surface area (Å²) in [7, 11) is 0. The van der Waals surface area contributed by atoms with Gasteiger partial charge in [0.15, 0.2) is 17.4 Å². The van der Waals surface area contributed by atoms with Crippen LogP contribution in [0.2, 0.25) is 0 Å². The second kappa shape index (κ2) is 5.76. The van der Waals surface area contributed by atoms with Crippen molar-refractivity contribution >= 4 is 5.78 Å². The van der Waals surface area contributed by atoms with E-state index in [2.05, 4.69) is 0 Å². The number of halogens is 2. The molecular weight excluding hydrogens is 270 g/mol. The van der Waals surface area contributed by atoms with Crippen LogP contribution >= 0.6 is 0 Å². The van der Waals surface area contributed by atoms with Crippen LogP contribution in [0.1, 0.15) is 38.2 Å². The van der Waals surface area contributed by atoms with Crippen molar-refractivity contribution in [3.63, 3.8) is 0 Å². The molecule has 0 unspecified atom stereocenters. The maximum Gasteiger partial charge on any atom is 0.167 e. The van der Waals surface area contributed by atoms with Crippen LogP contribution in [0.15, 0.2) is 24.3 Å². The van der Waals surface area contributed by atoms with Crippen molar-refractivity contribution in [1.82, 2.24) is 0 Å². The lowest BCUT2D eigenvalue weighted by Gasteiger charge is -2.14. The lowest BCUT2D eigenvalue weighted by Crippen LogP contribution is -2.11. The molecule has 21 heavy (non-hydrogen) atoms. The smallest absolute Gasteiger partial charge is 0.167 e. The highest BCUT2D eigenvalue weighted by molar-refractivity contribution is 6.00. The molecule has 0 amide bonds. The maximum atomic E-state index is 13.7. The minimum absolute atomic E-state index is 0.0953. The van der Waals surface area contributed by atoms with Gasteiger partial charge in [-0.25, -0.2) is 8.78 Å². The average molecular weight is 288 g/mol.